The van der Waals surface area contributed by atoms with Gasteiger partial charge in [-0.05, 0) is 18.9 Å². The Hall–Kier alpha value is -1.99. The number of aromatic nitrogens is 3. The second-order valence-electron chi connectivity index (χ2n) is 4.97. The van der Waals surface area contributed by atoms with Gasteiger partial charge in [0.2, 0.25) is 0 Å². The highest BCUT2D eigenvalue weighted by Gasteiger charge is 2.36. The molecule has 3 heterocycles. The predicted molar refractivity (Wildman–Crippen MR) is 71.2 cm³/mol. The van der Waals surface area contributed by atoms with Crippen molar-refractivity contribution in [3.8, 4) is 0 Å². The molecule has 1 saturated heterocycles. The SMILES string of the molecule is O=C(NC1(CCO)CCOC1)c1ncnc2[nH]ccc12. The molecular formula is C13H16N4O3. The lowest BCUT2D eigenvalue weighted by Crippen LogP contribution is -2.50. The minimum Gasteiger partial charge on any atom is -0.396 e. The molecule has 2 aromatic rings. The Morgan fingerprint density at radius 3 is 3.20 bits per heavy atom. The Bertz CT molecular complexity index is 619. The van der Waals surface area contributed by atoms with Crippen LogP contribution in [0.5, 0.6) is 0 Å². The number of rotatable bonds is 4. The molecular weight excluding hydrogens is 260 g/mol. The van der Waals surface area contributed by atoms with Gasteiger partial charge < -0.3 is 20.1 Å². The maximum atomic E-state index is 12.4. The summed E-state index contributed by atoms with van der Waals surface area (Å²) in [6, 6.07) is 1.77. The number of carbonyl (C=O) groups excluding carboxylic acids is 1. The summed E-state index contributed by atoms with van der Waals surface area (Å²) in [6.45, 7) is 1.01. The first-order chi connectivity index (χ1) is 9.74. The van der Waals surface area contributed by atoms with Crippen LogP contribution in [0.2, 0.25) is 0 Å². The van der Waals surface area contributed by atoms with Crippen molar-refractivity contribution in [1.82, 2.24) is 20.3 Å². The minimum absolute atomic E-state index is 0.00692. The van der Waals surface area contributed by atoms with Crippen molar-refractivity contribution in [3.05, 3.63) is 24.3 Å². The number of ether oxygens (including phenoxy) is 1. The third kappa shape index (κ3) is 2.25. The van der Waals surface area contributed by atoms with Crippen LogP contribution in [-0.2, 0) is 4.74 Å². The van der Waals surface area contributed by atoms with Crippen LogP contribution in [0.1, 0.15) is 23.3 Å². The molecule has 0 spiro atoms. The number of amides is 1. The topological polar surface area (TPSA) is 100 Å². The summed E-state index contributed by atoms with van der Waals surface area (Å²) in [5.41, 5.74) is 0.462. The lowest BCUT2D eigenvalue weighted by molar-refractivity contribution is 0.0847. The first-order valence-corrected chi connectivity index (χ1v) is 6.53. The van der Waals surface area contributed by atoms with E-state index >= 15 is 0 Å². The van der Waals surface area contributed by atoms with Gasteiger partial charge in [0.05, 0.1) is 17.5 Å². The number of hydrogen-bond donors (Lipinski definition) is 3. The molecule has 1 amide bonds. The first-order valence-electron chi connectivity index (χ1n) is 6.53. The maximum Gasteiger partial charge on any atom is 0.271 e. The Morgan fingerprint density at radius 2 is 2.45 bits per heavy atom. The van der Waals surface area contributed by atoms with E-state index < -0.39 is 5.54 Å². The van der Waals surface area contributed by atoms with Crippen LogP contribution < -0.4 is 5.32 Å². The number of aliphatic hydroxyl groups is 1. The first kappa shape index (κ1) is 13.0. The third-order valence-electron chi connectivity index (χ3n) is 3.64. The van der Waals surface area contributed by atoms with Gasteiger partial charge in [0.15, 0.2) is 0 Å². The number of aromatic amines is 1. The van der Waals surface area contributed by atoms with E-state index in [0.29, 0.717) is 42.8 Å². The summed E-state index contributed by atoms with van der Waals surface area (Å²) in [5, 5.41) is 12.8. The maximum absolute atomic E-state index is 12.4. The molecule has 20 heavy (non-hydrogen) atoms. The molecule has 0 saturated carbocycles. The molecule has 3 rings (SSSR count). The largest absolute Gasteiger partial charge is 0.396 e. The van der Waals surface area contributed by atoms with Gasteiger partial charge in [-0.25, -0.2) is 9.97 Å². The van der Waals surface area contributed by atoms with Crippen LogP contribution in [0.25, 0.3) is 11.0 Å². The van der Waals surface area contributed by atoms with Crippen molar-refractivity contribution in [2.45, 2.75) is 18.4 Å². The number of aliphatic hydroxyl groups excluding tert-OH is 1. The van der Waals surface area contributed by atoms with Gasteiger partial charge >= 0.3 is 0 Å². The zero-order chi connectivity index (χ0) is 14.0. The van der Waals surface area contributed by atoms with Crippen molar-refractivity contribution >= 4 is 16.9 Å². The summed E-state index contributed by atoms with van der Waals surface area (Å²) in [5.74, 6) is -0.268. The molecule has 1 fully saturated rings. The molecule has 3 N–H and O–H groups in total. The smallest absolute Gasteiger partial charge is 0.271 e. The van der Waals surface area contributed by atoms with Crippen molar-refractivity contribution in [2.24, 2.45) is 0 Å². The highest BCUT2D eigenvalue weighted by molar-refractivity contribution is 6.03. The average Bonchev–Trinajstić information content (AvgIpc) is 3.07. The van der Waals surface area contributed by atoms with E-state index in [4.69, 9.17) is 4.74 Å². The zero-order valence-electron chi connectivity index (χ0n) is 10.9. The van der Waals surface area contributed by atoms with E-state index in [1.165, 1.54) is 6.33 Å². The number of fused-ring (bicyclic) bond motifs is 1. The fraction of sp³-hybridized carbons (Fsp3) is 0.462. The highest BCUT2D eigenvalue weighted by Crippen LogP contribution is 2.23. The van der Waals surface area contributed by atoms with Gasteiger partial charge in [0, 0.05) is 19.4 Å². The molecule has 2 aromatic heterocycles. The Kier molecular flexibility index (Phi) is 3.37. The van der Waals surface area contributed by atoms with E-state index in [0.717, 1.165) is 0 Å². The molecule has 7 nitrogen and oxygen atoms in total. The van der Waals surface area contributed by atoms with Gasteiger partial charge in [-0.1, -0.05) is 0 Å². The number of nitrogens with one attached hydrogen (secondary N) is 2. The fourth-order valence-corrected chi connectivity index (χ4v) is 2.53. The molecule has 106 valence electrons. The van der Waals surface area contributed by atoms with E-state index in [-0.39, 0.29) is 12.5 Å². The molecule has 1 atom stereocenters. The summed E-state index contributed by atoms with van der Waals surface area (Å²) < 4.78 is 5.36. The van der Waals surface area contributed by atoms with Crippen LogP contribution in [0.3, 0.4) is 0 Å². The van der Waals surface area contributed by atoms with Crippen molar-refractivity contribution in [1.29, 1.82) is 0 Å². The van der Waals surface area contributed by atoms with Gasteiger partial charge in [0.25, 0.3) is 5.91 Å². The van der Waals surface area contributed by atoms with Gasteiger partial charge in [-0.2, -0.15) is 0 Å². The van der Waals surface area contributed by atoms with Crippen LogP contribution in [0.15, 0.2) is 18.6 Å². The molecule has 0 radical (unpaired) electrons. The third-order valence-corrected chi connectivity index (χ3v) is 3.64. The Balaban J connectivity index is 1.87. The Morgan fingerprint density at radius 1 is 1.55 bits per heavy atom. The van der Waals surface area contributed by atoms with Crippen LogP contribution in [0, 0.1) is 0 Å². The van der Waals surface area contributed by atoms with Crippen molar-refractivity contribution in [3.63, 3.8) is 0 Å². The fourth-order valence-electron chi connectivity index (χ4n) is 2.53. The standard InChI is InChI=1S/C13H16N4O3/c18-5-2-13(3-6-20-7-13)17-12(19)10-9-1-4-14-11(9)16-8-15-10/h1,4,8,18H,2-3,5-7H2,(H,17,19)(H,14,15,16). The van der Waals surface area contributed by atoms with E-state index in [9.17, 15) is 9.90 Å². The van der Waals surface area contributed by atoms with Crippen LogP contribution >= 0.6 is 0 Å². The summed E-state index contributed by atoms with van der Waals surface area (Å²) in [6.07, 6.45) is 4.25. The molecule has 0 bridgehead atoms. The van der Waals surface area contributed by atoms with Gasteiger partial charge in [0.1, 0.15) is 17.7 Å². The van der Waals surface area contributed by atoms with Crippen molar-refractivity contribution in [2.75, 3.05) is 19.8 Å². The second-order valence-corrected chi connectivity index (χ2v) is 4.97. The second kappa shape index (κ2) is 5.18. The van der Waals surface area contributed by atoms with Crippen molar-refractivity contribution < 1.29 is 14.6 Å². The van der Waals surface area contributed by atoms with E-state index in [2.05, 4.69) is 20.3 Å². The number of carbonyl (C=O) groups is 1. The minimum atomic E-state index is -0.501. The van der Waals surface area contributed by atoms with E-state index in [1.54, 1.807) is 12.3 Å². The van der Waals surface area contributed by atoms with Crippen LogP contribution in [0.4, 0.5) is 0 Å². The number of hydrogen-bond acceptors (Lipinski definition) is 5. The molecule has 1 unspecified atom stereocenters. The average molecular weight is 276 g/mol. The summed E-state index contributed by atoms with van der Waals surface area (Å²) >= 11 is 0. The monoisotopic (exact) mass is 276 g/mol. The zero-order valence-corrected chi connectivity index (χ0v) is 10.9. The lowest BCUT2D eigenvalue weighted by Gasteiger charge is -2.27. The number of H-pyrrole nitrogens is 1. The molecule has 7 heteroatoms. The molecule has 0 aliphatic carbocycles. The summed E-state index contributed by atoms with van der Waals surface area (Å²) in [7, 11) is 0. The normalized spacial score (nSPS) is 22.2. The molecule has 1 aliphatic rings. The van der Waals surface area contributed by atoms with E-state index in [1.807, 2.05) is 0 Å². The number of nitrogens with zero attached hydrogens (tertiary/aromatic N) is 2. The van der Waals surface area contributed by atoms with Gasteiger partial charge in [-0.15, -0.1) is 0 Å². The Labute approximate surface area is 115 Å². The predicted octanol–water partition coefficient (Wildman–Crippen LogP) is 0.229. The van der Waals surface area contributed by atoms with Crippen LogP contribution in [-0.4, -0.2) is 51.3 Å². The molecule has 0 aromatic carbocycles. The highest BCUT2D eigenvalue weighted by atomic mass is 16.5. The lowest BCUT2D eigenvalue weighted by atomic mass is 9.94. The van der Waals surface area contributed by atoms with Gasteiger partial charge in [-0.3, -0.25) is 4.79 Å². The molecule has 1 aliphatic heterocycles. The quantitative estimate of drug-likeness (QED) is 0.742. The summed E-state index contributed by atoms with van der Waals surface area (Å²) in [4.78, 5) is 23.5.